The van der Waals surface area contributed by atoms with Crippen molar-refractivity contribution in [2.75, 3.05) is 25.7 Å². The molecule has 0 bridgehead atoms. The van der Waals surface area contributed by atoms with Crippen LogP contribution < -0.4 is 16.6 Å². The second kappa shape index (κ2) is 5.94. The molecule has 0 aliphatic rings. The molecule has 0 aliphatic heterocycles. The highest BCUT2D eigenvalue weighted by Crippen LogP contribution is 2.05. The molecule has 0 aliphatic carbocycles. The molecule has 1 rings (SSSR count). The molecule has 82 valence electrons. The molecule has 1 aromatic rings. The third kappa shape index (κ3) is 3.53. The van der Waals surface area contributed by atoms with E-state index in [4.69, 9.17) is 10.6 Å². The van der Waals surface area contributed by atoms with Gasteiger partial charge in [0.25, 0.3) is 5.91 Å². The number of amides is 1. The Morgan fingerprint density at radius 1 is 1.67 bits per heavy atom. The van der Waals surface area contributed by atoms with Gasteiger partial charge in [-0.25, -0.2) is 0 Å². The zero-order valence-electron chi connectivity index (χ0n) is 8.49. The van der Waals surface area contributed by atoms with E-state index in [1.54, 1.807) is 19.2 Å². The van der Waals surface area contributed by atoms with Crippen molar-refractivity contribution in [2.24, 2.45) is 5.84 Å². The topological polar surface area (TPSA) is 89.3 Å². The monoisotopic (exact) mass is 210 g/mol. The first kappa shape index (κ1) is 11.4. The Hall–Kier alpha value is -1.66. The van der Waals surface area contributed by atoms with Crippen molar-refractivity contribution >= 4 is 11.6 Å². The Kier molecular flexibility index (Phi) is 4.52. The highest BCUT2D eigenvalue weighted by atomic mass is 16.5. The van der Waals surface area contributed by atoms with Crippen LogP contribution in [0.4, 0.5) is 5.69 Å². The van der Waals surface area contributed by atoms with Crippen LogP contribution in [0.15, 0.2) is 18.3 Å². The second-order valence-electron chi connectivity index (χ2n) is 2.82. The zero-order chi connectivity index (χ0) is 11.1. The number of ether oxygens (including phenoxy) is 1. The van der Waals surface area contributed by atoms with Gasteiger partial charge in [-0.15, -0.1) is 0 Å². The van der Waals surface area contributed by atoms with Crippen LogP contribution >= 0.6 is 0 Å². The van der Waals surface area contributed by atoms with E-state index in [1.807, 2.05) is 0 Å². The average molecular weight is 210 g/mol. The molecule has 1 heterocycles. The van der Waals surface area contributed by atoms with E-state index in [-0.39, 0.29) is 5.91 Å². The van der Waals surface area contributed by atoms with Gasteiger partial charge < -0.3 is 15.5 Å². The van der Waals surface area contributed by atoms with Crippen LogP contribution in [0.25, 0.3) is 0 Å². The fourth-order valence-electron chi connectivity index (χ4n) is 1.00. The molecule has 0 radical (unpaired) electrons. The van der Waals surface area contributed by atoms with Crippen molar-refractivity contribution in [2.45, 2.75) is 0 Å². The standard InChI is InChI=1S/C9H14N4O2/c1-15-5-4-12-9(14)8-6-7(13-10)2-3-11-8/h2-3,6H,4-5,10H2,1H3,(H,11,13)(H,12,14). The van der Waals surface area contributed by atoms with Gasteiger partial charge in [0.05, 0.1) is 12.3 Å². The summed E-state index contributed by atoms with van der Waals surface area (Å²) in [6.07, 6.45) is 1.51. The molecule has 6 nitrogen and oxygen atoms in total. The van der Waals surface area contributed by atoms with Crippen molar-refractivity contribution in [3.05, 3.63) is 24.0 Å². The van der Waals surface area contributed by atoms with Crippen LogP contribution in [0.5, 0.6) is 0 Å². The Labute approximate surface area is 87.8 Å². The zero-order valence-corrected chi connectivity index (χ0v) is 8.49. The predicted octanol–water partition coefficient (Wildman–Crippen LogP) is -0.257. The smallest absolute Gasteiger partial charge is 0.270 e. The Morgan fingerprint density at radius 3 is 3.13 bits per heavy atom. The summed E-state index contributed by atoms with van der Waals surface area (Å²) >= 11 is 0. The Morgan fingerprint density at radius 2 is 2.47 bits per heavy atom. The van der Waals surface area contributed by atoms with Crippen molar-refractivity contribution in [1.82, 2.24) is 10.3 Å². The van der Waals surface area contributed by atoms with Gasteiger partial charge in [0.2, 0.25) is 0 Å². The summed E-state index contributed by atoms with van der Waals surface area (Å²) in [7, 11) is 1.57. The number of hydrazine groups is 1. The number of nitrogens with zero attached hydrogens (tertiary/aromatic N) is 1. The van der Waals surface area contributed by atoms with E-state index in [2.05, 4.69) is 15.7 Å². The average Bonchev–Trinajstić information content (AvgIpc) is 2.29. The number of nitrogens with one attached hydrogen (secondary N) is 2. The number of anilines is 1. The number of carbonyl (C=O) groups is 1. The summed E-state index contributed by atoms with van der Waals surface area (Å²) in [6, 6.07) is 3.24. The van der Waals surface area contributed by atoms with E-state index in [0.717, 1.165) is 0 Å². The summed E-state index contributed by atoms with van der Waals surface area (Å²) in [5.74, 6) is 4.96. The third-order valence-electron chi connectivity index (χ3n) is 1.75. The largest absolute Gasteiger partial charge is 0.383 e. The lowest BCUT2D eigenvalue weighted by Gasteiger charge is -2.05. The molecule has 0 saturated carbocycles. The molecule has 0 unspecified atom stereocenters. The van der Waals surface area contributed by atoms with Crippen LogP contribution in [0.3, 0.4) is 0 Å². The van der Waals surface area contributed by atoms with Crippen LogP contribution in [-0.2, 0) is 4.74 Å². The fraction of sp³-hybridized carbons (Fsp3) is 0.333. The Balaban J connectivity index is 2.57. The minimum atomic E-state index is -0.246. The lowest BCUT2D eigenvalue weighted by Crippen LogP contribution is -2.27. The molecule has 0 aromatic carbocycles. The van der Waals surface area contributed by atoms with Gasteiger partial charge in [0.1, 0.15) is 5.69 Å². The molecular formula is C9H14N4O2. The van der Waals surface area contributed by atoms with E-state index >= 15 is 0 Å². The van der Waals surface area contributed by atoms with E-state index in [1.165, 1.54) is 6.20 Å². The minimum Gasteiger partial charge on any atom is -0.383 e. The molecule has 6 heteroatoms. The quantitative estimate of drug-likeness (QED) is 0.354. The fourth-order valence-corrected chi connectivity index (χ4v) is 1.00. The van der Waals surface area contributed by atoms with Crippen molar-refractivity contribution in [3.63, 3.8) is 0 Å². The van der Waals surface area contributed by atoms with E-state index < -0.39 is 0 Å². The minimum absolute atomic E-state index is 0.246. The molecule has 0 fully saturated rings. The van der Waals surface area contributed by atoms with Crippen LogP contribution in [0.2, 0.25) is 0 Å². The van der Waals surface area contributed by atoms with E-state index in [0.29, 0.717) is 24.5 Å². The number of aromatic nitrogens is 1. The van der Waals surface area contributed by atoms with Crippen LogP contribution in [-0.4, -0.2) is 31.2 Å². The van der Waals surface area contributed by atoms with Gasteiger partial charge in [-0.1, -0.05) is 0 Å². The summed E-state index contributed by atoms with van der Waals surface area (Å²) < 4.78 is 4.81. The first-order valence-electron chi connectivity index (χ1n) is 4.47. The molecular weight excluding hydrogens is 196 g/mol. The highest BCUT2D eigenvalue weighted by Gasteiger charge is 2.06. The molecule has 0 saturated heterocycles. The van der Waals surface area contributed by atoms with Gasteiger partial charge >= 0.3 is 0 Å². The van der Waals surface area contributed by atoms with Crippen molar-refractivity contribution < 1.29 is 9.53 Å². The maximum absolute atomic E-state index is 11.5. The van der Waals surface area contributed by atoms with Gasteiger partial charge in [-0.05, 0) is 12.1 Å². The molecule has 0 atom stereocenters. The summed E-state index contributed by atoms with van der Waals surface area (Å²) in [5, 5.41) is 2.66. The maximum Gasteiger partial charge on any atom is 0.270 e. The second-order valence-corrected chi connectivity index (χ2v) is 2.82. The number of carbonyl (C=O) groups excluding carboxylic acids is 1. The molecule has 4 N–H and O–H groups in total. The van der Waals surface area contributed by atoms with E-state index in [9.17, 15) is 4.79 Å². The first-order valence-corrected chi connectivity index (χ1v) is 4.47. The summed E-state index contributed by atoms with van der Waals surface area (Å²) in [6.45, 7) is 0.928. The predicted molar refractivity (Wildman–Crippen MR) is 56.3 cm³/mol. The van der Waals surface area contributed by atoms with Crippen LogP contribution in [0, 0.1) is 0 Å². The van der Waals surface area contributed by atoms with Crippen LogP contribution in [0.1, 0.15) is 10.5 Å². The number of hydrogen-bond donors (Lipinski definition) is 3. The highest BCUT2D eigenvalue weighted by molar-refractivity contribution is 5.93. The van der Waals surface area contributed by atoms with Gasteiger partial charge in [-0.3, -0.25) is 15.6 Å². The third-order valence-corrected chi connectivity index (χ3v) is 1.75. The van der Waals surface area contributed by atoms with Gasteiger partial charge in [0, 0.05) is 19.9 Å². The number of methoxy groups -OCH3 is 1. The lowest BCUT2D eigenvalue weighted by atomic mass is 10.3. The number of rotatable bonds is 5. The Bertz CT molecular complexity index is 330. The number of pyridine rings is 1. The molecule has 1 amide bonds. The maximum atomic E-state index is 11.5. The molecule has 1 aromatic heterocycles. The summed E-state index contributed by atoms with van der Waals surface area (Å²) in [5.41, 5.74) is 3.41. The SMILES string of the molecule is COCCNC(=O)c1cc(NN)ccn1. The normalized spacial score (nSPS) is 9.73. The van der Waals surface area contributed by atoms with Gasteiger partial charge in [-0.2, -0.15) is 0 Å². The number of hydrogen-bond acceptors (Lipinski definition) is 5. The first-order chi connectivity index (χ1) is 7.27. The van der Waals surface area contributed by atoms with Gasteiger partial charge in [0.15, 0.2) is 0 Å². The molecule has 0 spiro atoms. The van der Waals surface area contributed by atoms with Crippen molar-refractivity contribution in [3.8, 4) is 0 Å². The number of nitrogen functional groups attached to an aromatic ring is 1. The number of nitrogens with two attached hydrogens (primary N) is 1. The summed E-state index contributed by atoms with van der Waals surface area (Å²) in [4.78, 5) is 15.4. The molecule has 15 heavy (non-hydrogen) atoms. The lowest BCUT2D eigenvalue weighted by molar-refractivity contribution is 0.0932. The van der Waals surface area contributed by atoms with Crippen molar-refractivity contribution in [1.29, 1.82) is 0 Å².